The largest absolute Gasteiger partial charge is 0.441 e. The lowest BCUT2D eigenvalue weighted by Gasteiger charge is -2.06. The first-order chi connectivity index (χ1) is 15.1. The molecule has 156 valence electrons. The van der Waals surface area contributed by atoms with Gasteiger partial charge in [-0.05, 0) is 55.8 Å². The Kier molecular flexibility index (Phi) is 6.53. The number of rotatable bonds is 7. The molecule has 0 spiro atoms. The first kappa shape index (κ1) is 20.9. The van der Waals surface area contributed by atoms with E-state index in [0.29, 0.717) is 18.0 Å². The Bertz CT molecular complexity index is 1170. The number of oxazole rings is 1. The van der Waals surface area contributed by atoms with Crippen molar-refractivity contribution in [2.45, 2.75) is 31.0 Å². The van der Waals surface area contributed by atoms with Crippen molar-refractivity contribution < 1.29 is 9.21 Å². The number of aromatic nitrogens is 1. The molecule has 31 heavy (non-hydrogen) atoms. The maximum absolute atomic E-state index is 12.5. The number of carbonyl (C=O) groups is 1. The molecule has 0 aliphatic heterocycles. The van der Waals surface area contributed by atoms with Gasteiger partial charge in [-0.15, -0.1) is 11.8 Å². The van der Waals surface area contributed by atoms with Crippen molar-refractivity contribution in [2.75, 3.05) is 0 Å². The van der Waals surface area contributed by atoms with Gasteiger partial charge in [-0.1, -0.05) is 48.0 Å². The van der Waals surface area contributed by atoms with Gasteiger partial charge in [0.2, 0.25) is 5.89 Å². The van der Waals surface area contributed by atoms with Crippen molar-refractivity contribution in [3.05, 3.63) is 107 Å². The Morgan fingerprint density at radius 1 is 0.968 bits per heavy atom. The first-order valence-corrected chi connectivity index (χ1v) is 11.2. The number of carbonyl (C=O) groups excluding carboxylic acids is 1. The van der Waals surface area contributed by atoms with Crippen LogP contribution < -0.4 is 5.32 Å². The molecule has 0 unspecified atom stereocenters. The highest BCUT2D eigenvalue weighted by Gasteiger charge is 2.13. The molecule has 0 saturated carbocycles. The molecule has 0 aliphatic rings. The highest BCUT2D eigenvalue weighted by molar-refractivity contribution is 7.98. The second-order valence-electron chi connectivity index (χ2n) is 7.37. The number of hydrogen-bond donors (Lipinski definition) is 1. The van der Waals surface area contributed by atoms with Gasteiger partial charge < -0.3 is 9.73 Å². The fourth-order valence-electron chi connectivity index (χ4n) is 3.22. The van der Waals surface area contributed by atoms with Crippen LogP contribution in [0, 0.1) is 13.8 Å². The predicted octanol–water partition coefficient (Wildman–Crippen LogP) is 6.18. The normalized spacial score (nSPS) is 10.8. The first-order valence-electron chi connectivity index (χ1n) is 10.2. The quantitative estimate of drug-likeness (QED) is 0.357. The number of aryl methyl sites for hydroxylation is 2. The van der Waals surface area contributed by atoms with Crippen molar-refractivity contribution >= 4 is 17.7 Å². The van der Waals surface area contributed by atoms with E-state index in [1.807, 2.05) is 62.4 Å². The molecule has 0 bridgehead atoms. The van der Waals surface area contributed by atoms with Crippen LogP contribution in [-0.2, 0) is 12.3 Å². The third kappa shape index (κ3) is 5.44. The number of hydrogen-bond acceptors (Lipinski definition) is 4. The van der Waals surface area contributed by atoms with Gasteiger partial charge >= 0.3 is 0 Å². The van der Waals surface area contributed by atoms with E-state index in [4.69, 9.17) is 4.42 Å². The smallest absolute Gasteiger partial charge is 0.251 e. The topological polar surface area (TPSA) is 55.1 Å². The van der Waals surface area contributed by atoms with E-state index in [2.05, 4.69) is 28.5 Å². The molecule has 0 aliphatic carbocycles. The lowest BCUT2D eigenvalue weighted by molar-refractivity contribution is 0.0951. The highest BCUT2D eigenvalue weighted by Crippen LogP contribution is 2.27. The fourth-order valence-corrected chi connectivity index (χ4v) is 4.15. The van der Waals surface area contributed by atoms with Gasteiger partial charge in [-0.25, -0.2) is 4.98 Å². The van der Waals surface area contributed by atoms with Crippen molar-refractivity contribution in [3.8, 4) is 11.5 Å². The molecule has 0 saturated heterocycles. The highest BCUT2D eigenvalue weighted by atomic mass is 32.2. The maximum atomic E-state index is 12.5. The molecule has 0 atom stereocenters. The van der Waals surface area contributed by atoms with Gasteiger partial charge in [-0.3, -0.25) is 4.79 Å². The van der Waals surface area contributed by atoms with E-state index >= 15 is 0 Å². The zero-order valence-corrected chi connectivity index (χ0v) is 18.4. The van der Waals surface area contributed by atoms with Crippen LogP contribution in [0.1, 0.15) is 32.9 Å². The van der Waals surface area contributed by atoms with Gasteiger partial charge in [0, 0.05) is 28.3 Å². The van der Waals surface area contributed by atoms with Crippen LogP contribution in [-0.4, -0.2) is 10.9 Å². The van der Waals surface area contributed by atoms with E-state index in [1.165, 1.54) is 10.5 Å². The molecule has 1 aromatic heterocycles. The Hall–Kier alpha value is -3.31. The van der Waals surface area contributed by atoms with Crippen LogP contribution in [0.15, 0.2) is 88.2 Å². The summed E-state index contributed by atoms with van der Waals surface area (Å²) in [5, 5.41) is 2.97. The summed E-state index contributed by atoms with van der Waals surface area (Å²) in [6.07, 6.45) is 0. The van der Waals surface area contributed by atoms with Crippen LogP contribution in [0.5, 0.6) is 0 Å². The Labute approximate surface area is 186 Å². The van der Waals surface area contributed by atoms with Gasteiger partial charge in [0.1, 0.15) is 5.76 Å². The van der Waals surface area contributed by atoms with Gasteiger partial charge in [0.25, 0.3) is 5.91 Å². The van der Waals surface area contributed by atoms with Gasteiger partial charge in [0.05, 0.1) is 5.69 Å². The van der Waals surface area contributed by atoms with E-state index in [0.717, 1.165) is 28.3 Å². The second-order valence-corrected chi connectivity index (χ2v) is 8.42. The molecule has 3 aromatic carbocycles. The van der Waals surface area contributed by atoms with Crippen LogP contribution in [0.3, 0.4) is 0 Å². The van der Waals surface area contributed by atoms with Crippen LogP contribution >= 0.6 is 11.8 Å². The van der Waals surface area contributed by atoms with Gasteiger partial charge in [0.15, 0.2) is 0 Å². The minimum atomic E-state index is -0.100. The summed E-state index contributed by atoms with van der Waals surface area (Å²) in [5.74, 6) is 2.04. The SMILES string of the molecule is Cc1cccc(CNC(=O)c2ccc(-c3nc(CSc4ccccc4)c(C)o3)cc2)c1. The number of benzene rings is 3. The molecule has 1 amide bonds. The minimum Gasteiger partial charge on any atom is -0.441 e. The summed E-state index contributed by atoms with van der Waals surface area (Å²) in [6.45, 7) is 4.48. The van der Waals surface area contributed by atoms with Gasteiger partial charge in [-0.2, -0.15) is 0 Å². The Morgan fingerprint density at radius 2 is 1.74 bits per heavy atom. The molecule has 0 fully saturated rings. The molecule has 0 radical (unpaired) electrons. The van der Waals surface area contributed by atoms with E-state index in [-0.39, 0.29) is 5.91 Å². The van der Waals surface area contributed by atoms with Crippen LogP contribution in [0.4, 0.5) is 0 Å². The standard InChI is InChI=1S/C26H24N2O2S/c1-18-7-6-8-20(15-18)16-27-25(29)21-11-13-22(14-12-21)26-28-24(19(2)30-26)17-31-23-9-4-3-5-10-23/h3-15H,16-17H2,1-2H3,(H,27,29). The molecule has 1 N–H and O–H groups in total. The zero-order valence-electron chi connectivity index (χ0n) is 17.6. The van der Waals surface area contributed by atoms with E-state index in [1.54, 1.807) is 23.9 Å². The van der Waals surface area contributed by atoms with Crippen molar-refractivity contribution in [1.82, 2.24) is 10.3 Å². The summed E-state index contributed by atoms with van der Waals surface area (Å²) in [6, 6.07) is 25.7. The minimum absolute atomic E-state index is 0.100. The predicted molar refractivity (Wildman–Crippen MR) is 125 cm³/mol. The van der Waals surface area contributed by atoms with E-state index in [9.17, 15) is 4.79 Å². The van der Waals surface area contributed by atoms with Crippen molar-refractivity contribution in [2.24, 2.45) is 0 Å². The fraction of sp³-hybridized carbons (Fsp3) is 0.154. The zero-order chi connectivity index (χ0) is 21.6. The van der Waals surface area contributed by atoms with E-state index < -0.39 is 0 Å². The van der Waals surface area contributed by atoms with Crippen LogP contribution in [0.25, 0.3) is 11.5 Å². The van der Waals surface area contributed by atoms with Crippen molar-refractivity contribution in [3.63, 3.8) is 0 Å². The molecular weight excluding hydrogens is 404 g/mol. The van der Waals surface area contributed by atoms with Crippen molar-refractivity contribution in [1.29, 1.82) is 0 Å². The molecule has 4 aromatic rings. The average Bonchev–Trinajstić information content (AvgIpc) is 3.17. The third-order valence-electron chi connectivity index (χ3n) is 4.94. The Balaban J connectivity index is 1.39. The summed E-state index contributed by atoms with van der Waals surface area (Å²) in [7, 11) is 0. The lowest BCUT2D eigenvalue weighted by atomic mass is 10.1. The second kappa shape index (κ2) is 9.67. The van der Waals surface area contributed by atoms with Crippen LogP contribution in [0.2, 0.25) is 0 Å². The monoisotopic (exact) mass is 428 g/mol. The molecule has 4 rings (SSSR count). The Morgan fingerprint density at radius 3 is 2.48 bits per heavy atom. The summed E-state index contributed by atoms with van der Waals surface area (Å²) < 4.78 is 5.88. The number of thioether (sulfide) groups is 1. The maximum Gasteiger partial charge on any atom is 0.251 e. The number of amides is 1. The third-order valence-corrected chi connectivity index (χ3v) is 5.96. The lowest BCUT2D eigenvalue weighted by Crippen LogP contribution is -2.22. The number of nitrogens with one attached hydrogen (secondary N) is 1. The summed E-state index contributed by atoms with van der Waals surface area (Å²) >= 11 is 1.73. The average molecular weight is 429 g/mol. The molecule has 1 heterocycles. The summed E-state index contributed by atoms with van der Waals surface area (Å²) in [5.41, 5.74) is 4.66. The molecular formula is C26H24N2O2S. The molecule has 4 nitrogen and oxygen atoms in total. The molecule has 5 heteroatoms. The summed E-state index contributed by atoms with van der Waals surface area (Å²) in [4.78, 5) is 18.3. The number of nitrogens with zero attached hydrogens (tertiary/aromatic N) is 1.